The van der Waals surface area contributed by atoms with Crippen molar-refractivity contribution in [2.75, 3.05) is 6.54 Å². The first-order valence-corrected chi connectivity index (χ1v) is 6.72. The van der Waals surface area contributed by atoms with Crippen LogP contribution in [0.4, 0.5) is 4.39 Å². The lowest BCUT2D eigenvalue weighted by Gasteiger charge is -2.18. The van der Waals surface area contributed by atoms with E-state index in [0.717, 1.165) is 36.3 Å². The summed E-state index contributed by atoms with van der Waals surface area (Å²) in [5.74, 6) is 0.730. The van der Waals surface area contributed by atoms with Gasteiger partial charge in [-0.1, -0.05) is 13.0 Å². The van der Waals surface area contributed by atoms with Gasteiger partial charge in [0.2, 0.25) is 0 Å². The van der Waals surface area contributed by atoms with E-state index in [-0.39, 0.29) is 11.9 Å². The van der Waals surface area contributed by atoms with Crippen LogP contribution < -0.4 is 5.32 Å². The van der Waals surface area contributed by atoms with Gasteiger partial charge >= 0.3 is 0 Å². The minimum absolute atomic E-state index is 0.0838. The van der Waals surface area contributed by atoms with Crippen molar-refractivity contribution in [1.29, 1.82) is 0 Å². The zero-order valence-corrected chi connectivity index (χ0v) is 11.4. The van der Waals surface area contributed by atoms with E-state index in [4.69, 9.17) is 4.42 Å². The summed E-state index contributed by atoms with van der Waals surface area (Å²) in [6.45, 7) is 4.94. The van der Waals surface area contributed by atoms with E-state index in [1.54, 1.807) is 18.4 Å². The smallest absolute Gasteiger partial charge is 0.123 e. The van der Waals surface area contributed by atoms with E-state index in [0.29, 0.717) is 0 Å². The van der Waals surface area contributed by atoms with Crippen LogP contribution in [-0.2, 0) is 6.42 Å². The molecule has 0 amide bonds. The van der Waals surface area contributed by atoms with Gasteiger partial charge in [0, 0.05) is 12.5 Å². The van der Waals surface area contributed by atoms with Gasteiger partial charge in [0.05, 0.1) is 6.26 Å². The molecule has 19 heavy (non-hydrogen) atoms. The first-order valence-electron chi connectivity index (χ1n) is 6.72. The first kappa shape index (κ1) is 13.8. The van der Waals surface area contributed by atoms with Crippen LogP contribution in [0.1, 0.15) is 36.3 Å². The number of benzene rings is 1. The largest absolute Gasteiger partial charge is 0.469 e. The Balaban J connectivity index is 2.20. The van der Waals surface area contributed by atoms with Crippen molar-refractivity contribution in [3.05, 3.63) is 59.3 Å². The quantitative estimate of drug-likeness (QED) is 0.850. The van der Waals surface area contributed by atoms with Gasteiger partial charge in [0.15, 0.2) is 0 Å². The molecular formula is C16H20FNO. The second-order valence-corrected chi connectivity index (χ2v) is 4.85. The SMILES string of the molecule is CCCNC(Cc1ccco1)c1cc(C)cc(F)c1. The zero-order valence-electron chi connectivity index (χ0n) is 11.4. The highest BCUT2D eigenvalue weighted by atomic mass is 19.1. The van der Waals surface area contributed by atoms with E-state index in [2.05, 4.69) is 12.2 Å². The van der Waals surface area contributed by atoms with Gasteiger partial charge in [-0.15, -0.1) is 0 Å². The van der Waals surface area contributed by atoms with Gasteiger partial charge in [-0.2, -0.15) is 0 Å². The molecule has 1 N–H and O–H groups in total. The molecule has 0 radical (unpaired) electrons. The van der Waals surface area contributed by atoms with Crippen LogP contribution in [0, 0.1) is 12.7 Å². The summed E-state index contributed by atoms with van der Waals surface area (Å²) in [7, 11) is 0. The monoisotopic (exact) mass is 261 g/mol. The van der Waals surface area contributed by atoms with Gasteiger partial charge in [0.25, 0.3) is 0 Å². The van der Waals surface area contributed by atoms with Crippen LogP contribution in [0.3, 0.4) is 0 Å². The van der Waals surface area contributed by atoms with E-state index in [1.807, 2.05) is 25.1 Å². The molecule has 102 valence electrons. The highest BCUT2D eigenvalue weighted by Gasteiger charge is 2.14. The number of halogens is 1. The minimum Gasteiger partial charge on any atom is -0.469 e. The topological polar surface area (TPSA) is 25.2 Å². The Hall–Kier alpha value is -1.61. The molecule has 0 aliphatic rings. The van der Waals surface area contributed by atoms with Gasteiger partial charge < -0.3 is 9.73 Å². The van der Waals surface area contributed by atoms with Crippen molar-refractivity contribution in [2.45, 2.75) is 32.7 Å². The molecule has 0 saturated carbocycles. The minimum atomic E-state index is -0.183. The Morgan fingerprint density at radius 2 is 2.16 bits per heavy atom. The van der Waals surface area contributed by atoms with Crippen molar-refractivity contribution in [2.24, 2.45) is 0 Å². The van der Waals surface area contributed by atoms with Crippen LogP contribution in [0.2, 0.25) is 0 Å². The van der Waals surface area contributed by atoms with Crippen molar-refractivity contribution >= 4 is 0 Å². The highest BCUT2D eigenvalue weighted by molar-refractivity contribution is 5.27. The molecule has 1 aromatic heterocycles. The number of furan rings is 1. The molecule has 1 heterocycles. The molecule has 2 rings (SSSR count). The second-order valence-electron chi connectivity index (χ2n) is 4.85. The molecule has 2 nitrogen and oxygen atoms in total. The van der Waals surface area contributed by atoms with E-state index < -0.39 is 0 Å². The van der Waals surface area contributed by atoms with Crippen molar-refractivity contribution in [1.82, 2.24) is 5.32 Å². The Labute approximate surface area is 113 Å². The fraction of sp³-hybridized carbons (Fsp3) is 0.375. The lowest BCUT2D eigenvalue weighted by molar-refractivity contribution is 0.447. The first-order chi connectivity index (χ1) is 9.19. The Bertz CT molecular complexity index is 487. The molecular weight excluding hydrogens is 241 g/mol. The summed E-state index contributed by atoms with van der Waals surface area (Å²) in [6, 6.07) is 9.09. The highest BCUT2D eigenvalue weighted by Crippen LogP contribution is 2.21. The summed E-state index contributed by atoms with van der Waals surface area (Å²) in [5.41, 5.74) is 1.92. The van der Waals surface area contributed by atoms with Crippen LogP contribution in [0.25, 0.3) is 0 Å². The molecule has 1 aromatic carbocycles. The molecule has 0 bridgehead atoms. The predicted molar refractivity (Wildman–Crippen MR) is 74.6 cm³/mol. The second kappa shape index (κ2) is 6.53. The van der Waals surface area contributed by atoms with Gasteiger partial charge in [-0.05, 0) is 55.3 Å². The lowest BCUT2D eigenvalue weighted by atomic mass is 10.00. The number of hydrogen-bond donors (Lipinski definition) is 1. The number of aryl methyl sites for hydroxylation is 1. The molecule has 3 heteroatoms. The number of nitrogens with one attached hydrogen (secondary N) is 1. The third-order valence-corrected chi connectivity index (χ3v) is 3.09. The fourth-order valence-corrected chi connectivity index (χ4v) is 2.22. The average molecular weight is 261 g/mol. The molecule has 0 fully saturated rings. The van der Waals surface area contributed by atoms with Crippen LogP contribution in [0.15, 0.2) is 41.0 Å². The zero-order chi connectivity index (χ0) is 13.7. The third-order valence-electron chi connectivity index (χ3n) is 3.09. The lowest BCUT2D eigenvalue weighted by Crippen LogP contribution is -2.24. The number of hydrogen-bond acceptors (Lipinski definition) is 2. The van der Waals surface area contributed by atoms with Gasteiger partial charge in [-0.3, -0.25) is 0 Å². The van der Waals surface area contributed by atoms with Crippen LogP contribution in [-0.4, -0.2) is 6.54 Å². The molecule has 0 saturated heterocycles. The summed E-state index contributed by atoms with van der Waals surface area (Å²) >= 11 is 0. The van der Waals surface area contributed by atoms with Crippen molar-refractivity contribution in [3.63, 3.8) is 0 Å². The van der Waals surface area contributed by atoms with Gasteiger partial charge in [-0.25, -0.2) is 4.39 Å². The van der Waals surface area contributed by atoms with Crippen molar-refractivity contribution in [3.8, 4) is 0 Å². The summed E-state index contributed by atoms with van der Waals surface area (Å²) in [4.78, 5) is 0. The molecule has 0 spiro atoms. The fourth-order valence-electron chi connectivity index (χ4n) is 2.22. The summed E-state index contributed by atoms with van der Waals surface area (Å²) in [6.07, 6.45) is 3.45. The Morgan fingerprint density at radius 3 is 2.79 bits per heavy atom. The normalized spacial score (nSPS) is 12.6. The maximum Gasteiger partial charge on any atom is 0.123 e. The molecule has 1 unspecified atom stereocenters. The van der Waals surface area contributed by atoms with Crippen LogP contribution >= 0.6 is 0 Å². The maximum atomic E-state index is 13.5. The van der Waals surface area contributed by atoms with Crippen LogP contribution in [0.5, 0.6) is 0 Å². The number of rotatable bonds is 6. The Morgan fingerprint density at radius 1 is 1.32 bits per heavy atom. The predicted octanol–water partition coefficient (Wildman–Crippen LogP) is 4.01. The Kier molecular flexibility index (Phi) is 4.74. The third kappa shape index (κ3) is 3.93. The standard InChI is InChI=1S/C16H20FNO/c1-3-6-18-16(11-15-5-4-7-19-15)13-8-12(2)9-14(17)10-13/h4-5,7-10,16,18H,3,6,11H2,1-2H3. The summed E-state index contributed by atoms with van der Waals surface area (Å²) < 4.78 is 18.9. The molecule has 0 aliphatic heterocycles. The van der Waals surface area contributed by atoms with E-state index in [1.165, 1.54) is 0 Å². The van der Waals surface area contributed by atoms with Gasteiger partial charge in [0.1, 0.15) is 11.6 Å². The van der Waals surface area contributed by atoms with Crippen molar-refractivity contribution < 1.29 is 8.81 Å². The molecule has 2 aromatic rings. The summed E-state index contributed by atoms with van der Waals surface area (Å²) in [5, 5.41) is 3.45. The molecule has 1 atom stereocenters. The maximum absolute atomic E-state index is 13.5. The molecule has 0 aliphatic carbocycles. The average Bonchev–Trinajstić information content (AvgIpc) is 2.86. The van der Waals surface area contributed by atoms with E-state index >= 15 is 0 Å². The van der Waals surface area contributed by atoms with E-state index in [9.17, 15) is 4.39 Å².